The smallest absolute Gasteiger partial charge is 0.0820 e. The SMILES string of the molecule is CN[C@@H]1CCN(Cc2ccccc2)C[C@H]1O. The Morgan fingerprint density at radius 2 is 2.12 bits per heavy atom. The summed E-state index contributed by atoms with van der Waals surface area (Å²) in [7, 11) is 1.92. The van der Waals surface area contributed by atoms with Crippen molar-refractivity contribution in [3.63, 3.8) is 0 Å². The minimum absolute atomic E-state index is 0.248. The van der Waals surface area contributed by atoms with Gasteiger partial charge in [-0.05, 0) is 19.0 Å². The molecular formula is C13H20N2O. The van der Waals surface area contributed by atoms with E-state index in [9.17, 15) is 5.11 Å². The van der Waals surface area contributed by atoms with E-state index in [-0.39, 0.29) is 12.1 Å². The van der Waals surface area contributed by atoms with Crippen molar-refractivity contribution in [1.29, 1.82) is 0 Å². The molecule has 88 valence electrons. The molecule has 0 unspecified atom stereocenters. The molecule has 2 atom stereocenters. The van der Waals surface area contributed by atoms with Gasteiger partial charge in [0.05, 0.1) is 6.10 Å². The molecule has 2 N–H and O–H groups in total. The van der Waals surface area contributed by atoms with Crippen LogP contribution in [0.2, 0.25) is 0 Å². The Balaban J connectivity index is 1.89. The summed E-state index contributed by atoms with van der Waals surface area (Å²) in [5, 5.41) is 13.1. The quantitative estimate of drug-likeness (QED) is 0.792. The van der Waals surface area contributed by atoms with Crippen molar-refractivity contribution in [3.8, 4) is 0 Å². The van der Waals surface area contributed by atoms with Crippen LogP contribution in [-0.4, -0.2) is 42.3 Å². The van der Waals surface area contributed by atoms with Gasteiger partial charge in [-0.25, -0.2) is 0 Å². The predicted molar refractivity (Wildman–Crippen MR) is 65.2 cm³/mol. The number of β-amino-alcohol motifs (C(OH)–C–C–N with tert-alkyl or cyclic N) is 1. The number of benzene rings is 1. The maximum Gasteiger partial charge on any atom is 0.0820 e. The highest BCUT2D eigenvalue weighted by Gasteiger charge is 2.25. The van der Waals surface area contributed by atoms with Crippen LogP contribution in [0.1, 0.15) is 12.0 Å². The number of aliphatic hydroxyl groups is 1. The second kappa shape index (κ2) is 5.43. The van der Waals surface area contributed by atoms with Gasteiger partial charge in [-0.15, -0.1) is 0 Å². The van der Waals surface area contributed by atoms with E-state index in [1.165, 1.54) is 5.56 Å². The standard InChI is InChI=1S/C13H20N2O/c1-14-12-7-8-15(10-13(12)16)9-11-5-3-2-4-6-11/h2-6,12-14,16H,7-10H2,1H3/t12-,13-/m1/s1. The average Bonchev–Trinajstić information content (AvgIpc) is 2.31. The van der Waals surface area contributed by atoms with Crippen molar-refractivity contribution >= 4 is 0 Å². The molecule has 1 aromatic carbocycles. The minimum Gasteiger partial charge on any atom is -0.390 e. The number of piperidine rings is 1. The Hall–Kier alpha value is -0.900. The molecule has 1 aromatic rings. The van der Waals surface area contributed by atoms with Crippen molar-refractivity contribution in [1.82, 2.24) is 10.2 Å². The molecule has 0 amide bonds. The highest BCUT2D eigenvalue weighted by atomic mass is 16.3. The van der Waals surface area contributed by atoms with Gasteiger partial charge in [0.25, 0.3) is 0 Å². The molecule has 1 saturated heterocycles. The molecule has 3 heteroatoms. The van der Waals surface area contributed by atoms with Crippen LogP contribution < -0.4 is 5.32 Å². The third-order valence-corrected chi connectivity index (χ3v) is 3.29. The molecule has 1 heterocycles. The highest BCUT2D eigenvalue weighted by Crippen LogP contribution is 2.13. The number of nitrogens with one attached hydrogen (secondary N) is 1. The Kier molecular flexibility index (Phi) is 3.93. The minimum atomic E-state index is -0.248. The van der Waals surface area contributed by atoms with E-state index in [4.69, 9.17) is 0 Å². The summed E-state index contributed by atoms with van der Waals surface area (Å²) in [5.41, 5.74) is 1.32. The number of rotatable bonds is 3. The topological polar surface area (TPSA) is 35.5 Å². The summed E-state index contributed by atoms with van der Waals surface area (Å²) >= 11 is 0. The molecule has 16 heavy (non-hydrogen) atoms. The largest absolute Gasteiger partial charge is 0.390 e. The van der Waals surface area contributed by atoms with Gasteiger partial charge in [0.15, 0.2) is 0 Å². The summed E-state index contributed by atoms with van der Waals surface area (Å²) in [6.45, 7) is 2.76. The zero-order valence-corrected chi connectivity index (χ0v) is 9.76. The molecule has 1 aliphatic rings. The molecule has 0 aromatic heterocycles. The summed E-state index contributed by atoms with van der Waals surface area (Å²) in [6.07, 6.45) is 0.771. The van der Waals surface area contributed by atoms with E-state index in [1.54, 1.807) is 0 Å². The van der Waals surface area contributed by atoms with Crippen molar-refractivity contribution in [2.24, 2.45) is 0 Å². The van der Waals surface area contributed by atoms with Crippen LogP contribution in [-0.2, 0) is 6.54 Å². The van der Waals surface area contributed by atoms with Gasteiger partial charge >= 0.3 is 0 Å². The lowest BCUT2D eigenvalue weighted by Gasteiger charge is -2.35. The van der Waals surface area contributed by atoms with Gasteiger partial charge in [0.2, 0.25) is 0 Å². The van der Waals surface area contributed by atoms with Gasteiger partial charge in [-0.1, -0.05) is 30.3 Å². The number of likely N-dealkylation sites (tertiary alicyclic amines) is 1. The van der Waals surface area contributed by atoms with Crippen LogP contribution in [0.5, 0.6) is 0 Å². The van der Waals surface area contributed by atoms with Crippen molar-refractivity contribution in [3.05, 3.63) is 35.9 Å². The van der Waals surface area contributed by atoms with Crippen molar-refractivity contribution < 1.29 is 5.11 Å². The number of hydrogen-bond donors (Lipinski definition) is 2. The van der Waals surface area contributed by atoms with Crippen LogP contribution in [0.15, 0.2) is 30.3 Å². The number of nitrogens with zero attached hydrogens (tertiary/aromatic N) is 1. The van der Waals surface area contributed by atoms with E-state index in [0.29, 0.717) is 0 Å². The maximum atomic E-state index is 9.91. The highest BCUT2D eigenvalue weighted by molar-refractivity contribution is 5.14. The maximum absolute atomic E-state index is 9.91. The molecule has 0 saturated carbocycles. The summed E-state index contributed by atoms with van der Waals surface area (Å²) < 4.78 is 0. The Bertz CT molecular complexity index is 315. The first-order valence-electron chi connectivity index (χ1n) is 5.91. The second-order valence-electron chi connectivity index (χ2n) is 4.47. The van der Waals surface area contributed by atoms with E-state index >= 15 is 0 Å². The lowest BCUT2D eigenvalue weighted by molar-refractivity contribution is 0.0397. The number of hydrogen-bond acceptors (Lipinski definition) is 3. The van der Waals surface area contributed by atoms with E-state index in [2.05, 4.69) is 34.5 Å². The Labute approximate surface area is 97.1 Å². The zero-order valence-electron chi connectivity index (χ0n) is 9.76. The van der Waals surface area contributed by atoms with E-state index < -0.39 is 0 Å². The van der Waals surface area contributed by atoms with Crippen molar-refractivity contribution in [2.45, 2.75) is 25.1 Å². The third kappa shape index (κ3) is 2.82. The molecule has 1 fully saturated rings. The van der Waals surface area contributed by atoms with Crippen LogP contribution in [0, 0.1) is 0 Å². The molecule has 0 spiro atoms. The summed E-state index contributed by atoms with van der Waals surface area (Å²) in [5.74, 6) is 0. The molecule has 2 rings (SSSR count). The Morgan fingerprint density at radius 1 is 1.38 bits per heavy atom. The molecular weight excluding hydrogens is 200 g/mol. The lowest BCUT2D eigenvalue weighted by Crippen LogP contribution is -2.51. The van der Waals surface area contributed by atoms with Gasteiger partial charge in [-0.3, -0.25) is 4.90 Å². The lowest BCUT2D eigenvalue weighted by atomic mass is 10.0. The van der Waals surface area contributed by atoms with Gasteiger partial charge < -0.3 is 10.4 Å². The van der Waals surface area contributed by atoms with Crippen molar-refractivity contribution in [2.75, 3.05) is 20.1 Å². The van der Waals surface area contributed by atoms with Gasteiger partial charge in [0, 0.05) is 25.7 Å². The molecule has 0 aliphatic carbocycles. The van der Waals surface area contributed by atoms with Gasteiger partial charge in [0.1, 0.15) is 0 Å². The van der Waals surface area contributed by atoms with E-state index in [1.807, 2.05) is 13.1 Å². The zero-order chi connectivity index (χ0) is 11.4. The first kappa shape index (κ1) is 11.6. The number of aliphatic hydroxyl groups excluding tert-OH is 1. The molecule has 3 nitrogen and oxygen atoms in total. The van der Waals surface area contributed by atoms with Gasteiger partial charge in [-0.2, -0.15) is 0 Å². The molecule has 0 radical (unpaired) electrons. The fourth-order valence-electron chi connectivity index (χ4n) is 2.32. The fraction of sp³-hybridized carbons (Fsp3) is 0.538. The van der Waals surface area contributed by atoms with Crippen LogP contribution in [0.4, 0.5) is 0 Å². The average molecular weight is 220 g/mol. The predicted octanol–water partition coefficient (Wildman–Crippen LogP) is 0.841. The van der Waals surface area contributed by atoms with E-state index in [0.717, 1.165) is 26.1 Å². The fourth-order valence-corrected chi connectivity index (χ4v) is 2.32. The van der Waals surface area contributed by atoms with Crippen LogP contribution in [0.3, 0.4) is 0 Å². The normalized spacial score (nSPS) is 26.9. The monoisotopic (exact) mass is 220 g/mol. The first-order chi connectivity index (χ1) is 7.79. The van der Waals surface area contributed by atoms with Crippen LogP contribution >= 0.6 is 0 Å². The summed E-state index contributed by atoms with van der Waals surface area (Å²) in [6, 6.07) is 10.7. The molecule has 1 aliphatic heterocycles. The third-order valence-electron chi connectivity index (χ3n) is 3.29. The van der Waals surface area contributed by atoms with Crippen LogP contribution in [0.25, 0.3) is 0 Å². The second-order valence-corrected chi connectivity index (χ2v) is 4.47. The Morgan fingerprint density at radius 3 is 2.75 bits per heavy atom. The first-order valence-corrected chi connectivity index (χ1v) is 5.91. The summed E-state index contributed by atoms with van der Waals surface area (Å²) in [4.78, 5) is 2.31. The number of likely N-dealkylation sites (N-methyl/N-ethyl adjacent to an activating group) is 1. The molecule has 0 bridgehead atoms.